The average Bonchev–Trinajstić information content (AvgIpc) is 1.59. The Balaban J connectivity index is 3.38. The summed E-state index contributed by atoms with van der Waals surface area (Å²) in [6.45, 7) is 0.920. The summed E-state index contributed by atoms with van der Waals surface area (Å²) < 4.78 is 21.1. The minimum atomic E-state index is -2.16. The van der Waals surface area contributed by atoms with E-state index in [1.165, 1.54) is 0 Å². The van der Waals surface area contributed by atoms with Crippen LogP contribution >= 0.6 is 7.68 Å². The van der Waals surface area contributed by atoms with E-state index in [-0.39, 0.29) is 0 Å². The fourth-order valence-electron chi connectivity index (χ4n) is 0.674. The van der Waals surface area contributed by atoms with Crippen LogP contribution in [0.2, 0.25) is 0 Å². The van der Waals surface area contributed by atoms with Gasteiger partial charge in [-0.3, -0.25) is 0 Å². The van der Waals surface area contributed by atoms with Gasteiger partial charge in [-0.2, -0.15) is 0 Å². The maximum absolute atomic E-state index is 10.1. The van der Waals surface area contributed by atoms with Gasteiger partial charge in [-0.15, -0.1) is 0 Å². The van der Waals surface area contributed by atoms with Crippen molar-refractivity contribution in [2.75, 3.05) is 33.8 Å². The van der Waals surface area contributed by atoms with E-state index in [9.17, 15) is 9.13 Å². The molecule has 0 heterocycles. The van der Waals surface area contributed by atoms with Gasteiger partial charge < -0.3 is 4.48 Å². The van der Waals surface area contributed by atoms with Crippen LogP contribution < -0.4 is 0 Å². The van der Waals surface area contributed by atoms with Crippen LogP contribution in [0.25, 0.3) is 0 Å². The maximum Gasteiger partial charge on any atom is 0.315 e. The first-order valence-electron chi connectivity index (χ1n) is 3.34. The van der Waals surface area contributed by atoms with E-state index >= 15 is 0 Å². The zero-order valence-electron chi connectivity index (χ0n) is 6.83. The zero-order valence-corrected chi connectivity index (χ0v) is 7.73. The van der Waals surface area contributed by atoms with Crippen molar-refractivity contribution in [1.82, 2.24) is 0 Å². The molecule has 4 heteroatoms. The number of hydrogen-bond acceptors (Lipinski definition) is 2. The minimum Gasteiger partial charge on any atom is -0.331 e. The molecule has 0 aliphatic rings. The third kappa shape index (κ3) is 7.86. The zero-order chi connectivity index (χ0) is 8.20. The summed E-state index contributed by atoms with van der Waals surface area (Å²) in [6.07, 6.45) is 1.09. The molecule has 0 rings (SSSR count). The van der Waals surface area contributed by atoms with Gasteiger partial charge in [0.15, 0.2) is 0 Å². The molecule has 0 unspecified atom stereocenters. The Morgan fingerprint density at radius 1 is 1.20 bits per heavy atom. The van der Waals surface area contributed by atoms with Gasteiger partial charge in [-0.05, 0) is 0 Å². The molecule has 0 saturated carbocycles. The Labute approximate surface area is 62.4 Å². The third-order valence-electron chi connectivity index (χ3n) is 1.17. The van der Waals surface area contributed by atoms with Crippen LogP contribution in [-0.2, 0) is 9.13 Å². The Morgan fingerprint density at radius 3 is 2.00 bits per heavy atom. The van der Waals surface area contributed by atoms with Gasteiger partial charge in [-0.1, -0.05) is 0 Å². The van der Waals surface area contributed by atoms with Crippen molar-refractivity contribution in [3.8, 4) is 0 Å². The molecule has 0 saturated heterocycles. The highest BCUT2D eigenvalue weighted by Crippen LogP contribution is 2.05. The van der Waals surface area contributed by atoms with E-state index in [0.717, 1.165) is 17.4 Å². The summed E-state index contributed by atoms with van der Waals surface area (Å²) in [7, 11) is 4.00. The standard InChI is InChI=1S/C6H15NO2P/c1-7(2,3)5-4-6-10(8)9/h4-6H2,1-3H3/q+1. The smallest absolute Gasteiger partial charge is 0.315 e. The molecule has 0 fully saturated rings. The summed E-state index contributed by atoms with van der Waals surface area (Å²) >= 11 is 0. The molecular formula is C6H15NO2P+. The summed E-state index contributed by atoms with van der Waals surface area (Å²) in [6, 6.07) is 0. The van der Waals surface area contributed by atoms with E-state index in [1.807, 2.05) is 0 Å². The number of hydrogen-bond donors (Lipinski definition) is 0. The lowest BCUT2D eigenvalue weighted by atomic mass is 10.4. The van der Waals surface area contributed by atoms with Crippen LogP contribution in [0.4, 0.5) is 0 Å². The topological polar surface area (TPSA) is 34.1 Å². The van der Waals surface area contributed by atoms with Crippen molar-refractivity contribution in [3.63, 3.8) is 0 Å². The van der Waals surface area contributed by atoms with Crippen molar-refractivity contribution in [2.45, 2.75) is 6.42 Å². The molecule has 0 radical (unpaired) electrons. The van der Waals surface area contributed by atoms with Crippen LogP contribution in [0.1, 0.15) is 6.42 Å². The highest BCUT2D eigenvalue weighted by Gasteiger charge is 2.06. The van der Waals surface area contributed by atoms with Crippen LogP contribution in [0.15, 0.2) is 0 Å². The second-order valence-corrected chi connectivity index (χ2v) is 4.54. The average molecular weight is 164 g/mol. The third-order valence-corrected chi connectivity index (χ3v) is 1.85. The Bertz CT molecular complexity index is 150. The van der Waals surface area contributed by atoms with E-state index in [2.05, 4.69) is 21.1 Å². The van der Waals surface area contributed by atoms with Crippen LogP contribution in [0.3, 0.4) is 0 Å². The first kappa shape index (κ1) is 9.86. The Morgan fingerprint density at radius 2 is 1.70 bits per heavy atom. The fraction of sp³-hybridized carbons (Fsp3) is 1.00. The van der Waals surface area contributed by atoms with Crippen molar-refractivity contribution in [3.05, 3.63) is 0 Å². The van der Waals surface area contributed by atoms with E-state index in [0.29, 0.717) is 6.16 Å². The molecule has 0 aromatic heterocycles. The van der Waals surface area contributed by atoms with Crippen molar-refractivity contribution in [2.24, 2.45) is 0 Å². The Kier molecular flexibility index (Phi) is 3.84. The lowest BCUT2D eigenvalue weighted by molar-refractivity contribution is -0.870. The largest absolute Gasteiger partial charge is 0.331 e. The lowest BCUT2D eigenvalue weighted by Crippen LogP contribution is -2.35. The first-order valence-corrected chi connectivity index (χ1v) is 4.70. The quantitative estimate of drug-likeness (QED) is 0.463. The Hall–Kier alpha value is -0.140. The van der Waals surface area contributed by atoms with Crippen LogP contribution in [0, 0.1) is 0 Å². The first-order chi connectivity index (χ1) is 4.42. The summed E-state index contributed by atoms with van der Waals surface area (Å²) in [5, 5.41) is 0. The molecule has 0 spiro atoms. The molecule has 60 valence electrons. The molecule has 0 atom stereocenters. The number of rotatable bonds is 4. The molecule has 0 bridgehead atoms. The van der Waals surface area contributed by atoms with E-state index in [4.69, 9.17) is 0 Å². The molecule has 0 aromatic carbocycles. The van der Waals surface area contributed by atoms with Gasteiger partial charge in [0.05, 0.1) is 33.8 Å². The van der Waals surface area contributed by atoms with E-state index < -0.39 is 7.68 Å². The molecule has 10 heavy (non-hydrogen) atoms. The predicted molar refractivity (Wildman–Crippen MR) is 40.7 cm³/mol. The normalized spacial score (nSPS) is 11.5. The summed E-state index contributed by atoms with van der Waals surface area (Å²) in [5.74, 6) is 0. The van der Waals surface area contributed by atoms with Gasteiger partial charge in [0, 0.05) is 6.42 Å². The molecule has 0 aliphatic heterocycles. The van der Waals surface area contributed by atoms with E-state index in [1.54, 1.807) is 0 Å². The molecule has 0 amide bonds. The number of quaternary nitrogens is 1. The minimum absolute atomic E-state index is 0.324. The molecular weight excluding hydrogens is 149 g/mol. The monoisotopic (exact) mass is 164 g/mol. The molecule has 3 nitrogen and oxygen atoms in total. The highest BCUT2D eigenvalue weighted by atomic mass is 31.1. The number of nitrogens with zero attached hydrogens (tertiary/aromatic N) is 1. The maximum atomic E-state index is 10.1. The highest BCUT2D eigenvalue weighted by molar-refractivity contribution is 7.30. The van der Waals surface area contributed by atoms with Crippen molar-refractivity contribution >= 4 is 7.68 Å². The van der Waals surface area contributed by atoms with Gasteiger partial charge in [-0.25, -0.2) is 9.13 Å². The predicted octanol–water partition coefficient (Wildman–Crippen LogP) is 1.26. The van der Waals surface area contributed by atoms with Gasteiger partial charge in [0.25, 0.3) is 0 Å². The van der Waals surface area contributed by atoms with Crippen LogP contribution in [0.5, 0.6) is 0 Å². The second-order valence-electron chi connectivity index (χ2n) is 3.42. The van der Waals surface area contributed by atoms with Crippen molar-refractivity contribution in [1.29, 1.82) is 0 Å². The van der Waals surface area contributed by atoms with Crippen molar-refractivity contribution < 1.29 is 13.6 Å². The second kappa shape index (κ2) is 3.89. The molecule has 0 aliphatic carbocycles. The molecule has 0 N–H and O–H groups in total. The van der Waals surface area contributed by atoms with Crippen LogP contribution in [-0.4, -0.2) is 38.3 Å². The molecule has 0 aromatic rings. The lowest BCUT2D eigenvalue weighted by Gasteiger charge is -2.22. The summed E-state index contributed by atoms with van der Waals surface area (Å²) in [5.41, 5.74) is 0. The van der Waals surface area contributed by atoms with Gasteiger partial charge >= 0.3 is 7.68 Å². The SMILES string of the molecule is C[N+](C)(C)CCCP(=O)=O. The van der Waals surface area contributed by atoms with Gasteiger partial charge in [0.2, 0.25) is 0 Å². The van der Waals surface area contributed by atoms with Gasteiger partial charge in [0.1, 0.15) is 0 Å². The summed E-state index contributed by atoms with van der Waals surface area (Å²) in [4.78, 5) is 0. The fourth-order valence-corrected chi connectivity index (χ4v) is 1.07.